The van der Waals surface area contributed by atoms with E-state index in [1.54, 1.807) is 17.0 Å². The van der Waals surface area contributed by atoms with Crippen LogP contribution < -0.4 is 9.03 Å². The van der Waals surface area contributed by atoms with Crippen LogP contribution in [0, 0.1) is 5.92 Å². The van der Waals surface area contributed by atoms with E-state index in [1.165, 1.54) is 12.1 Å². The van der Waals surface area contributed by atoms with Gasteiger partial charge in [0.1, 0.15) is 11.6 Å². The van der Waals surface area contributed by atoms with Crippen molar-refractivity contribution in [2.24, 2.45) is 5.92 Å². The molecule has 2 aliphatic heterocycles. The van der Waals surface area contributed by atoms with Crippen molar-refractivity contribution < 1.29 is 31.5 Å². The quantitative estimate of drug-likeness (QED) is 0.407. The fourth-order valence-corrected chi connectivity index (χ4v) is 9.62. The third-order valence-electron chi connectivity index (χ3n) is 8.81. The first-order valence-electron chi connectivity index (χ1n) is 14.6. The Morgan fingerprint density at radius 1 is 1.00 bits per heavy atom. The van der Waals surface area contributed by atoms with E-state index in [0.29, 0.717) is 42.7 Å². The summed E-state index contributed by atoms with van der Waals surface area (Å²) in [7, 11) is -8.04. The molecule has 2 N–H and O–H groups in total. The van der Waals surface area contributed by atoms with Crippen molar-refractivity contribution in [2.45, 2.75) is 88.9 Å². The summed E-state index contributed by atoms with van der Waals surface area (Å²) in [6.45, 7) is 4.20. The molecule has 1 aromatic carbocycles. The van der Waals surface area contributed by atoms with Crippen molar-refractivity contribution in [1.82, 2.24) is 15.1 Å². The Balaban J connectivity index is 1.45. The summed E-state index contributed by atoms with van der Waals surface area (Å²) in [6.07, 6.45) is 8.37. The van der Waals surface area contributed by atoms with Crippen LogP contribution >= 0.6 is 0 Å². The average molecular weight is 613 g/mol. The van der Waals surface area contributed by atoms with Crippen LogP contribution in [0.4, 0.5) is 5.69 Å². The summed E-state index contributed by atoms with van der Waals surface area (Å²) in [6, 6.07) is 5.44. The van der Waals surface area contributed by atoms with E-state index in [9.17, 15) is 31.5 Å². The van der Waals surface area contributed by atoms with E-state index in [-0.39, 0.29) is 23.4 Å². The second kappa shape index (κ2) is 12.6. The lowest BCUT2D eigenvalue weighted by molar-refractivity contribution is -0.166. The van der Waals surface area contributed by atoms with Crippen LogP contribution in [-0.4, -0.2) is 93.4 Å². The van der Waals surface area contributed by atoms with E-state index < -0.39 is 37.7 Å². The molecule has 230 valence electrons. The molecule has 0 radical (unpaired) electrons. The largest absolute Gasteiger partial charge is 0.390 e. The Morgan fingerprint density at radius 3 is 2.12 bits per heavy atom. The van der Waals surface area contributed by atoms with Crippen molar-refractivity contribution >= 4 is 37.5 Å². The summed E-state index contributed by atoms with van der Waals surface area (Å²) in [4.78, 5) is 31.4. The van der Waals surface area contributed by atoms with Gasteiger partial charge in [0.2, 0.25) is 31.9 Å². The second-order valence-corrected chi connectivity index (χ2v) is 15.8. The van der Waals surface area contributed by atoms with Crippen LogP contribution in [0.3, 0.4) is 0 Å². The minimum atomic E-state index is -4.02. The van der Waals surface area contributed by atoms with Gasteiger partial charge in [0.05, 0.1) is 24.3 Å². The van der Waals surface area contributed by atoms with Gasteiger partial charge in [0.15, 0.2) is 0 Å². The molecule has 41 heavy (non-hydrogen) atoms. The maximum atomic E-state index is 13.8. The third-order valence-corrected chi connectivity index (χ3v) is 12.1. The smallest absolute Gasteiger partial charge is 0.248 e. The molecule has 2 amide bonds. The molecule has 2 heterocycles. The lowest BCUT2D eigenvalue weighted by Crippen LogP contribution is -2.75. The molecule has 13 heteroatoms. The molecule has 2 atom stereocenters. The number of rotatable bonds is 10. The van der Waals surface area contributed by atoms with E-state index >= 15 is 0 Å². The zero-order chi connectivity index (χ0) is 30.0. The summed E-state index contributed by atoms with van der Waals surface area (Å²) in [5, 5.41) is 14.1. The minimum absolute atomic E-state index is 0.0234. The van der Waals surface area contributed by atoms with Crippen LogP contribution in [-0.2, 0) is 36.2 Å². The number of aliphatic hydroxyl groups is 1. The summed E-state index contributed by atoms with van der Waals surface area (Å²) in [5.74, 6) is -0.338. The number of nitrogens with zero attached hydrogens (tertiary/aromatic N) is 3. The highest BCUT2D eigenvalue weighted by Crippen LogP contribution is 2.36. The molecule has 2 unspecified atom stereocenters. The molecule has 3 fully saturated rings. The third kappa shape index (κ3) is 6.89. The monoisotopic (exact) mass is 612 g/mol. The van der Waals surface area contributed by atoms with Crippen molar-refractivity contribution in [2.75, 3.05) is 35.9 Å². The van der Waals surface area contributed by atoms with Gasteiger partial charge in [-0.25, -0.2) is 16.8 Å². The number of carbonyl (C=O) groups is 2. The molecular formula is C28H44N4O7S2. The lowest BCUT2D eigenvalue weighted by atomic mass is 9.78. The van der Waals surface area contributed by atoms with E-state index in [0.717, 1.165) is 63.0 Å². The van der Waals surface area contributed by atoms with E-state index in [1.807, 2.05) is 0 Å². The van der Waals surface area contributed by atoms with Gasteiger partial charge in [0, 0.05) is 26.2 Å². The fraction of sp³-hybridized carbons (Fsp3) is 0.714. The highest BCUT2D eigenvalue weighted by molar-refractivity contribution is 8.09. The van der Waals surface area contributed by atoms with Crippen LogP contribution in [0.1, 0.15) is 70.3 Å². The maximum Gasteiger partial charge on any atom is 0.248 e. The van der Waals surface area contributed by atoms with Gasteiger partial charge < -0.3 is 15.3 Å². The average Bonchev–Trinajstić information content (AvgIpc) is 2.91. The van der Waals surface area contributed by atoms with Gasteiger partial charge in [-0.3, -0.25) is 14.5 Å². The summed E-state index contributed by atoms with van der Waals surface area (Å²) in [5.41, 5.74) is -0.0273. The molecular weight excluding hydrogens is 568 g/mol. The molecule has 1 aliphatic carbocycles. The Bertz CT molecular complexity index is 1270. The zero-order valence-electron chi connectivity index (χ0n) is 24.3. The molecule has 0 aromatic heterocycles. The maximum absolute atomic E-state index is 13.8. The number of benzene rings is 1. The molecule has 11 nitrogen and oxygen atoms in total. The Morgan fingerprint density at radius 2 is 1.59 bits per heavy atom. The zero-order valence-corrected chi connectivity index (χ0v) is 25.9. The molecule has 2 saturated heterocycles. The van der Waals surface area contributed by atoms with Crippen molar-refractivity contribution in [3.05, 3.63) is 29.8 Å². The number of hydrogen-bond donors (Lipinski definition) is 2. The lowest BCUT2D eigenvalue weighted by Gasteiger charge is -2.52. The van der Waals surface area contributed by atoms with E-state index in [4.69, 9.17) is 0 Å². The fourth-order valence-electron chi connectivity index (χ4n) is 6.65. The van der Waals surface area contributed by atoms with Crippen molar-refractivity contribution in [1.29, 1.82) is 0 Å². The molecule has 1 saturated carbocycles. The van der Waals surface area contributed by atoms with Gasteiger partial charge >= 0.3 is 0 Å². The first-order chi connectivity index (χ1) is 19.3. The van der Waals surface area contributed by atoms with Crippen LogP contribution in [0.2, 0.25) is 0 Å². The molecule has 0 bridgehead atoms. The predicted molar refractivity (Wildman–Crippen MR) is 157 cm³/mol. The predicted octanol–water partition coefficient (Wildman–Crippen LogP) is 1.82. The van der Waals surface area contributed by atoms with Crippen LogP contribution in [0.15, 0.2) is 24.3 Å². The number of carbonyl (C=O) groups excluding carboxylic acids is 2. The minimum Gasteiger partial charge on any atom is -0.390 e. The summed E-state index contributed by atoms with van der Waals surface area (Å²) >= 11 is 0. The SMILES string of the molecule is CCCCN1C(=O)C(C(O)C2CCCCC2)NC(=O)C12CCN(Cc1ccc(N(S(C)(=O)=O)S(C)(=O)=O)cc1)CC2. The number of piperidine rings is 1. The molecule has 1 aromatic rings. The highest BCUT2D eigenvalue weighted by Gasteiger charge is 2.55. The number of piperazine rings is 1. The molecule has 1 spiro atoms. The Hall–Kier alpha value is -2.22. The highest BCUT2D eigenvalue weighted by atomic mass is 32.3. The first kappa shape index (κ1) is 31.7. The number of anilines is 1. The van der Waals surface area contributed by atoms with Gasteiger partial charge in [-0.15, -0.1) is 0 Å². The van der Waals surface area contributed by atoms with Gasteiger partial charge in [0.25, 0.3) is 0 Å². The number of unbranched alkanes of at least 4 members (excludes halogenated alkanes) is 1. The molecule has 3 aliphatic rings. The first-order valence-corrected chi connectivity index (χ1v) is 18.3. The summed E-state index contributed by atoms with van der Waals surface area (Å²) < 4.78 is 48.7. The van der Waals surface area contributed by atoms with Gasteiger partial charge in [-0.05, 0) is 55.7 Å². The normalized spacial score (nSPS) is 23.4. The van der Waals surface area contributed by atoms with Crippen molar-refractivity contribution in [3.8, 4) is 0 Å². The number of nitrogens with one attached hydrogen (secondary N) is 1. The molecule has 4 rings (SSSR count). The number of aliphatic hydroxyl groups excluding tert-OH is 1. The number of likely N-dealkylation sites (tertiary alicyclic amines) is 1. The topological polar surface area (TPSA) is 144 Å². The standard InChI is InChI=1S/C28H44N4O7S2/c1-4-5-17-31-26(34)24(25(33)22-9-7-6-8-10-22)29-27(35)28(31)15-18-30(19-16-28)20-21-11-13-23(14-12-21)32(40(2,36)37)41(3,38)39/h11-14,22,24-25,33H,4-10,15-20H2,1-3H3,(H,29,35). The Labute approximate surface area is 244 Å². The number of amides is 2. The van der Waals surface area contributed by atoms with Crippen molar-refractivity contribution in [3.63, 3.8) is 0 Å². The van der Waals surface area contributed by atoms with Gasteiger partial charge in [-0.1, -0.05) is 44.7 Å². The van der Waals surface area contributed by atoms with Crippen LogP contribution in [0.5, 0.6) is 0 Å². The van der Waals surface area contributed by atoms with E-state index in [2.05, 4.69) is 17.1 Å². The van der Waals surface area contributed by atoms with Crippen LogP contribution in [0.25, 0.3) is 0 Å². The number of hydrogen-bond acceptors (Lipinski definition) is 8. The van der Waals surface area contributed by atoms with Gasteiger partial charge in [-0.2, -0.15) is 3.71 Å². The number of sulfonamides is 2. The second-order valence-electron chi connectivity index (χ2n) is 11.9. The Kier molecular flexibility index (Phi) is 9.72.